The van der Waals surface area contributed by atoms with Crippen molar-refractivity contribution in [3.8, 4) is 0 Å². The second-order valence-electron chi connectivity index (χ2n) is 3.59. The lowest BCUT2D eigenvalue weighted by Gasteiger charge is -2.31. The van der Waals surface area contributed by atoms with Gasteiger partial charge < -0.3 is 9.47 Å². The van der Waals surface area contributed by atoms with Gasteiger partial charge in [0.05, 0.1) is 0 Å². The van der Waals surface area contributed by atoms with Gasteiger partial charge in [-0.3, -0.25) is 5.32 Å². The Morgan fingerprint density at radius 1 is 0.944 bits per heavy atom. The Morgan fingerprint density at radius 2 is 1.56 bits per heavy atom. The predicted octanol–water partition coefficient (Wildman–Crippen LogP) is 1.99. The number of methoxy groups -OCH3 is 2. The SMILES string of the molecule is COC(Nc1ncccn1)(OC)c1ccccc1. The fourth-order valence-corrected chi connectivity index (χ4v) is 1.66. The fraction of sp³-hybridized carbons (Fsp3) is 0.231. The minimum Gasteiger partial charge on any atom is -0.332 e. The summed E-state index contributed by atoms with van der Waals surface area (Å²) in [4.78, 5) is 8.21. The molecule has 1 heterocycles. The van der Waals surface area contributed by atoms with Crippen molar-refractivity contribution < 1.29 is 9.47 Å². The molecule has 0 aliphatic carbocycles. The summed E-state index contributed by atoms with van der Waals surface area (Å²) in [6, 6.07) is 11.3. The molecule has 0 unspecified atom stereocenters. The van der Waals surface area contributed by atoms with Crippen LogP contribution in [0.3, 0.4) is 0 Å². The molecule has 5 heteroatoms. The molecule has 0 spiro atoms. The van der Waals surface area contributed by atoms with E-state index in [4.69, 9.17) is 9.47 Å². The zero-order valence-electron chi connectivity index (χ0n) is 10.3. The molecule has 1 N–H and O–H groups in total. The molecular weight excluding hydrogens is 230 g/mol. The highest BCUT2D eigenvalue weighted by atomic mass is 16.7. The van der Waals surface area contributed by atoms with Gasteiger partial charge in [-0.1, -0.05) is 30.3 Å². The van der Waals surface area contributed by atoms with E-state index in [0.717, 1.165) is 5.56 Å². The van der Waals surface area contributed by atoms with Gasteiger partial charge in [-0.15, -0.1) is 0 Å². The van der Waals surface area contributed by atoms with Gasteiger partial charge in [0, 0.05) is 32.2 Å². The van der Waals surface area contributed by atoms with Crippen molar-refractivity contribution in [3.63, 3.8) is 0 Å². The van der Waals surface area contributed by atoms with Crippen LogP contribution >= 0.6 is 0 Å². The first-order valence-corrected chi connectivity index (χ1v) is 5.52. The van der Waals surface area contributed by atoms with E-state index in [1.807, 2.05) is 30.3 Å². The van der Waals surface area contributed by atoms with Crippen molar-refractivity contribution in [3.05, 3.63) is 54.4 Å². The number of nitrogens with zero attached hydrogens (tertiary/aromatic N) is 2. The van der Waals surface area contributed by atoms with Crippen LogP contribution in [0.1, 0.15) is 5.56 Å². The van der Waals surface area contributed by atoms with Gasteiger partial charge in [-0.2, -0.15) is 0 Å². The molecule has 0 aliphatic rings. The van der Waals surface area contributed by atoms with Crippen LogP contribution in [0, 0.1) is 0 Å². The fourth-order valence-electron chi connectivity index (χ4n) is 1.66. The van der Waals surface area contributed by atoms with E-state index in [0.29, 0.717) is 5.95 Å². The van der Waals surface area contributed by atoms with Gasteiger partial charge in [0.25, 0.3) is 5.91 Å². The Morgan fingerprint density at radius 3 is 2.11 bits per heavy atom. The Hall–Kier alpha value is -1.98. The van der Waals surface area contributed by atoms with Crippen molar-refractivity contribution in [2.24, 2.45) is 0 Å². The molecule has 1 aromatic carbocycles. The highest BCUT2D eigenvalue weighted by Crippen LogP contribution is 2.26. The Kier molecular flexibility index (Phi) is 3.86. The lowest BCUT2D eigenvalue weighted by molar-refractivity contribution is -0.194. The third-order valence-electron chi connectivity index (χ3n) is 2.57. The van der Waals surface area contributed by atoms with Crippen molar-refractivity contribution in [1.29, 1.82) is 0 Å². The van der Waals surface area contributed by atoms with E-state index >= 15 is 0 Å². The summed E-state index contributed by atoms with van der Waals surface area (Å²) >= 11 is 0. The van der Waals surface area contributed by atoms with Crippen LogP contribution in [0.2, 0.25) is 0 Å². The van der Waals surface area contributed by atoms with Gasteiger partial charge >= 0.3 is 0 Å². The summed E-state index contributed by atoms with van der Waals surface area (Å²) in [6.07, 6.45) is 3.30. The molecule has 5 nitrogen and oxygen atoms in total. The first-order chi connectivity index (χ1) is 8.80. The van der Waals surface area contributed by atoms with Crippen LogP contribution in [0.25, 0.3) is 0 Å². The number of hydrogen-bond acceptors (Lipinski definition) is 5. The molecule has 2 aromatic rings. The minimum atomic E-state index is -1.09. The van der Waals surface area contributed by atoms with E-state index in [1.165, 1.54) is 0 Å². The van der Waals surface area contributed by atoms with Crippen LogP contribution in [0.15, 0.2) is 48.8 Å². The number of anilines is 1. The summed E-state index contributed by atoms with van der Waals surface area (Å²) in [7, 11) is 3.12. The van der Waals surface area contributed by atoms with Crippen LogP contribution in [0.5, 0.6) is 0 Å². The molecule has 0 amide bonds. The maximum absolute atomic E-state index is 5.46. The first-order valence-electron chi connectivity index (χ1n) is 5.52. The first kappa shape index (κ1) is 12.5. The average molecular weight is 245 g/mol. The summed E-state index contributed by atoms with van der Waals surface area (Å²) in [5, 5.41) is 3.04. The van der Waals surface area contributed by atoms with Gasteiger partial charge in [0.2, 0.25) is 5.95 Å². The van der Waals surface area contributed by atoms with E-state index < -0.39 is 5.91 Å². The van der Waals surface area contributed by atoms with Gasteiger partial charge in [-0.25, -0.2) is 9.97 Å². The lowest BCUT2D eigenvalue weighted by atomic mass is 10.1. The topological polar surface area (TPSA) is 56.3 Å². The van der Waals surface area contributed by atoms with Crippen LogP contribution in [-0.2, 0) is 15.4 Å². The Balaban J connectivity index is 2.33. The zero-order chi connectivity index (χ0) is 12.8. The summed E-state index contributed by atoms with van der Waals surface area (Å²) in [5.74, 6) is -0.659. The Labute approximate surface area is 106 Å². The number of nitrogens with one attached hydrogen (secondary N) is 1. The molecule has 1 aromatic heterocycles. The minimum absolute atomic E-state index is 0.435. The third kappa shape index (κ3) is 2.47. The quantitative estimate of drug-likeness (QED) is 0.816. The molecule has 0 saturated carbocycles. The second-order valence-corrected chi connectivity index (χ2v) is 3.59. The standard InChI is InChI=1S/C13H15N3O2/c1-17-13(18-2,11-7-4-3-5-8-11)16-12-14-9-6-10-15-12/h3-10H,1-2H3,(H,14,15,16). The Bertz CT molecular complexity index is 472. The average Bonchev–Trinajstić information content (AvgIpc) is 2.47. The monoisotopic (exact) mass is 245 g/mol. The highest BCUT2D eigenvalue weighted by molar-refractivity contribution is 5.32. The molecule has 0 radical (unpaired) electrons. The maximum Gasteiger partial charge on any atom is 0.279 e. The van der Waals surface area contributed by atoms with Crippen molar-refractivity contribution in [2.75, 3.05) is 19.5 Å². The number of aromatic nitrogens is 2. The number of hydrogen-bond donors (Lipinski definition) is 1. The number of ether oxygens (including phenoxy) is 2. The molecule has 0 fully saturated rings. The molecule has 18 heavy (non-hydrogen) atoms. The van der Waals surface area contributed by atoms with Gasteiger partial charge in [0.15, 0.2) is 0 Å². The van der Waals surface area contributed by atoms with Gasteiger partial charge in [-0.05, 0) is 6.07 Å². The second kappa shape index (κ2) is 5.57. The van der Waals surface area contributed by atoms with Crippen molar-refractivity contribution in [2.45, 2.75) is 5.91 Å². The van der Waals surface area contributed by atoms with Crippen LogP contribution in [-0.4, -0.2) is 24.2 Å². The molecule has 0 atom stereocenters. The summed E-state index contributed by atoms with van der Waals surface area (Å²) in [6.45, 7) is 0. The maximum atomic E-state index is 5.46. The van der Waals surface area contributed by atoms with Crippen molar-refractivity contribution >= 4 is 5.95 Å². The third-order valence-corrected chi connectivity index (χ3v) is 2.57. The van der Waals surface area contributed by atoms with E-state index in [-0.39, 0.29) is 0 Å². The molecule has 0 saturated heterocycles. The zero-order valence-corrected chi connectivity index (χ0v) is 10.3. The van der Waals surface area contributed by atoms with E-state index in [1.54, 1.807) is 32.7 Å². The van der Waals surface area contributed by atoms with Crippen molar-refractivity contribution in [1.82, 2.24) is 9.97 Å². The predicted molar refractivity (Wildman–Crippen MR) is 67.8 cm³/mol. The molecule has 94 valence electrons. The lowest BCUT2D eigenvalue weighted by Crippen LogP contribution is -2.40. The largest absolute Gasteiger partial charge is 0.332 e. The summed E-state index contributed by atoms with van der Waals surface area (Å²) < 4.78 is 10.9. The van der Waals surface area contributed by atoms with Crippen LogP contribution < -0.4 is 5.32 Å². The highest BCUT2D eigenvalue weighted by Gasteiger charge is 2.32. The smallest absolute Gasteiger partial charge is 0.279 e. The normalized spacial score (nSPS) is 11.2. The molecule has 2 rings (SSSR count). The number of rotatable bonds is 5. The van der Waals surface area contributed by atoms with E-state index in [9.17, 15) is 0 Å². The van der Waals surface area contributed by atoms with Gasteiger partial charge in [0.1, 0.15) is 0 Å². The van der Waals surface area contributed by atoms with E-state index in [2.05, 4.69) is 15.3 Å². The summed E-state index contributed by atoms with van der Waals surface area (Å²) in [5.41, 5.74) is 0.836. The molecular formula is C13H15N3O2. The molecule has 0 aliphatic heterocycles. The van der Waals surface area contributed by atoms with Crippen LogP contribution in [0.4, 0.5) is 5.95 Å². The number of benzene rings is 1. The molecule has 0 bridgehead atoms.